The summed E-state index contributed by atoms with van der Waals surface area (Å²) in [4.78, 5) is 23.6. The Labute approximate surface area is 154 Å². The van der Waals surface area contributed by atoms with Gasteiger partial charge >= 0.3 is 0 Å². The SMILES string of the molecule is CCCCCNC(=O)CC(=O)Nc1ccc(OCc2ccccc2)cc1. The lowest BCUT2D eigenvalue weighted by Crippen LogP contribution is -2.28. The molecule has 0 saturated heterocycles. The van der Waals surface area contributed by atoms with Gasteiger partial charge in [-0.2, -0.15) is 0 Å². The van der Waals surface area contributed by atoms with Gasteiger partial charge in [-0.25, -0.2) is 0 Å². The van der Waals surface area contributed by atoms with Crippen LogP contribution in [0, 0.1) is 0 Å². The third-order valence-electron chi connectivity index (χ3n) is 3.81. The second kappa shape index (κ2) is 10.9. The molecule has 138 valence electrons. The molecule has 0 radical (unpaired) electrons. The van der Waals surface area contributed by atoms with Gasteiger partial charge < -0.3 is 15.4 Å². The minimum absolute atomic E-state index is 0.168. The predicted molar refractivity (Wildman–Crippen MR) is 103 cm³/mol. The number of rotatable bonds is 10. The highest BCUT2D eigenvalue weighted by atomic mass is 16.5. The second-order valence-corrected chi connectivity index (χ2v) is 6.08. The average Bonchev–Trinajstić information content (AvgIpc) is 2.65. The van der Waals surface area contributed by atoms with Crippen molar-refractivity contribution in [3.8, 4) is 5.75 Å². The fourth-order valence-corrected chi connectivity index (χ4v) is 2.39. The first-order chi connectivity index (χ1) is 12.7. The van der Waals surface area contributed by atoms with Gasteiger partial charge in [-0.1, -0.05) is 50.1 Å². The third kappa shape index (κ3) is 7.38. The normalized spacial score (nSPS) is 10.2. The fourth-order valence-electron chi connectivity index (χ4n) is 2.39. The van der Waals surface area contributed by atoms with E-state index >= 15 is 0 Å². The molecule has 0 aromatic heterocycles. The Hall–Kier alpha value is -2.82. The summed E-state index contributed by atoms with van der Waals surface area (Å²) in [7, 11) is 0. The van der Waals surface area contributed by atoms with Gasteiger partial charge in [-0.05, 0) is 36.2 Å². The Morgan fingerprint density at radius 1 is 0.923 bits per heavy atom. The molecular formula is C21H26N2O3. The van der Waals surface area contributed by atoms with Crippen LogP contribution in [0.3, 0.4) is 0 Å². The first-order valence-corrected chi connectivity index (χ1v) is 9.00. The van der Waals surface area contributed by atoms with E-state index in [2.05, 4.69) is 17.6 Å². The van der Waals surface area contributed by atoms with Crippen LogP contribution in [-0.4, -0.2) is 18.4 Å². The quantitative estimate of drug-likeness (QED) is 0.502. The number of benzene rings is 2. The average molecular weight is 354 g/mol. The van der Waals surface area contributed by atoms with Gasteiger partial charge in [-0.15, -0.1) is 0 Å². The summed E-state index contributed by atoms with van der Waals surface area (Å²) in [6, 6.07) is 17.0. The van der Waals surface area contributed by atoms with Gasteiger partial charge in [0.2, 0.25) is 11.8 Å². The molecule has 0 bridgehead atoms. The molecule has 0 atom stereocenters. The molecule has 0 unspecified atom stereocenters. The number of hydrogen-bond acceptors (Lipinski definition) is 3. The fraction of sp³-hybridized carbons (Fsp3) is 0.333. The molecule has 2 rings (SSSR count). The monoisotopic (exact) mass is 354 g/mol. The summed E-state index contributed by atoms with van der Waals surface area (Å²) in [6.45, 7) is 3.21. The van der Waals surface area contributed by atoms with Crippen molar-refractivity contribution in [2.75, 3.05) is 11.9 Å². The van der Waals surface area contributed by atoms with Crippen molar-refractivity contribution < 1.29 is 14.3 Å². The highest BCUT2D eigenvalue weighted by Gasteiger charge is 2.09. The number of carbonyl (C=O) groups is 2. The van der Waals surface area contributed by atoms with Gasteiger partial charge in [-0.3, -0.25) is 9.59 Å². The van der Waals surface area contributed by atoms with Crippen LogP contribution in [-0.2, 0) is 16.2 Å². The standard InChI is InChI=1S/C21H26N2O3/c1-2-3-7-14-22-20(24)15-21(25)23-18-10-12-19(13-11-18)26-16-17-8-5-4-6-9-17/h4-6,8-13H,2-3,7,14-16H2,1H3,(H,22,24)(H,23,25). The van der Waals surface area contributed by atoms with Crippen LogP contribution in [0.5, 0.6) is 5.75 Å². The molecule has 0 fully saturated rings. The predicted octanol–water partition coefficient (Wildman–Crippen LogP) is 3.90. The maximum atomic E-state index is 11.9. The van der Waals surface area contributed by atoms with Crippen LogP contribution in [0.15, 0.2) is 54.6 Å². The number of hydrogen-bond donors (Lipinski definition) is 2. The van der Waals surface area contributed by atoms with E-state index < -0.39 is 0 Å². The Morgan fingerprint density at radius 2 is 1.65 bits per heavy atom. The molecule has 0 saturated carbocycles. The molecule has 5 nitrogen and oxygen atoms in total. The van der Waals surface area contributed by atoms with E-state index in [-0.39, 0.29) is 18.2 Å². The number of ether oxygens (including phenoxy) is 1. The molecule has 0 spiro atoms. The zero-order chi connectivity index (χ0) is 18.6. The highest BCUT2D eigenvalue weighted by molar-refractivity contribution is 6.03. The van der Waals surface area contributed by atoms with Gasteiger partial charge in [0, 0.05) is 12.2 Å². The molecule has 0 aliphatic rings. The Bertz CT molecular complexity index is 684. The zero-order valence-corrected chi connectivity index (χ0v) is 15.2. The Balaban J connectivity index is 1.72. The lowest BCUT2D eigenvalue weighted by molar-refractivity contribution is -0.126. The number of carbonyl (C=O) groups excluding carboxylic acids is 2. The minimum Gasteiger partial charge on any atom is -0.489 e. The summed E-state index contributed by atoms with van der Waals surface area (Å²) in [5, 5.41) is 5.48. The molecule has 5 heteroatoms. The molecule has 2 aromatic rings. The molecule has 26 heavy (non-hydrogen) atoms. The summed E-state index contributed by atoms with van der Waals surface area (Å²) in [5.74, 6) is 0.151. The first-order valence-electron chi connectivity index (χ1n) is 9.00. The van der Waals surface area contributed by atoms with Gasteiger partial charge in [0.05, 0.1) is 0 Å². The first kappa shape index (κ1) is 19.5. The van der Waals surface area contributed by atoms with Crippen molar-refractivity contribution in [3.63, 3.8) is 0 Å². The number of nitrogens with one attached hydrogen (secondary N) is 2. The maximum Gasteiger partial charge on any atom is 0.233 e. The Kier molecular flexibility index (Phi) is 8.19. The molecule has 2 N–H and O–H groups in total. The van der Waals surface area contributed by atoms with Gasteiger partial charge in [0.1, 0.15) is 18.8 Å². The summed E-state index contributed by atoms with van der Waals surface area (Å²) < 4.78 is 5.70. The largest absolute Gasteiger partial charge is 0.489 e. The topological polar surface area (TPSA) is 67.4 Å². The lowest BCUT2D eigenvalue weighted by Gasteiger charge is -2.09. The number of unbranched alkanes of at least 4 members (excludes halogenated alkanes) is 2. The van der Waals surface area contributed by atoms with Crippen molar-refractivity contribution in [1.82, 2.24) is 5.32 Å². The van der Waals surface area contributed by atoms with E-state index in [4.69, 9.17) is 4.74 Å². The molecule has 2 amide bonds. The number of anilines is 1. The number of amides is 2. The van der Waals surface area contributed by atoms with Crippen molar-refractivity contribution >= 4 is 17.5 Å². The Morgan fingerprint density at radius 3 is 2.35 bits per heavy atom. The minimum atomic E-state index is -0.323. The van der Waals surface area contributed by atoms with Crippen LogP contribution in [0.2, 0.25) is 0 Å². The van der Waals surface area contributed by atoms with E-state index in [9.17, 15) is 9.59 Å². The molecule has 2 aromatic carbocycles. The summed E-state index contributed by atoms with van der Waals surface area (Å²) in [6.07, 6.45) is 2.94. The van der Waals surface area contributed by atoms with Gasteiger partial charge in [0.25, 0.3) is 0 Å². The van der Waals surface area contributed by atoms with Crippen molar-refractivity contribution in [1.29, 1.82) is 0 Å². The summed E-state index contributed by atoms with van der Waals surface area (Å²) in [5.41, 5.74) is 1.73. The van der Waals surface area contributed by atoms with E-state index in [1.165, 1.54) is 0 Å². The van der Waals surface area contributed by atoms with Crippen LogP contribution < -0.4 is 15.4 Å². The van der Waals surface area contributed by atoms with E-state index in [1.807, 2.05) is 30.3 Å². The van der Waals surface area contributed by atoms with Gasteiger partial charge in [0.15, 0.2) is 0 Å². The molecule has 0 aliphatic heterocycles. The van der Waals surface area contributed by atoms with Crippen LogP contribution in [0.4, 0.5) is 5.69 Å². The lowest BCUT2D eigenvalue weighted by atomic mass is 10.2. The van der Waals surface area contributed by atoms with Crippen LogP contribution >= 0.6 is 0 Å². The van der Waals surface area contributed by atoms with Crippen LogP contribution in [0.25, 0.3) is 0 Å². The van der Waals surface area contributed by atoms with Crippen molar-refractivity contribution in [2.45, 2.75) is 39.2 Å². The van der Waals surface area contributed by atoms with Crippen molar-refractivity contribution in [3.05, 3.63) is 60.2 Å². The molecular weight excluding hydrogens is 328 g/mol. The third-order valence-corrected chi connectivity index (χ3v) is 3.81. The maximum absolute atomic E-state index is 11.9. The second-order valence-electron chi connectivity index (χ2n) is 6.08. The van der Waals surface area contributed by atoms with E-state index in [0.717, 1.165) is 30.6 Å². The highest BCUT2D eigenvalue weighted by Crippen LogP contribution is 2.17. The molecule has 0 aliphatic carbocycles. The smallest absolute Gasteiger partial charge is 0.233 e. The zero-order valence-electron chi connectivity index (χ0n) is 15.2. The summed E-state index contributed by atoms with van der Waals surface area (Å²) >= 11 is 0. The van der Waals surface area contributed by atoms with E-state index in [1.54, 1.807) is 24.3 Å². The van der Waals surface area contributed by atoms with Crippen LogP contribution in [0.1, 0.15) is 38.2 Å². The van der Waals surface area contributed by atoms with Crippen molar-refractivity contribution in [2.24, 2.45) is 0 Å². The molecule has 0 heterocycles. The van der Waals surface area contributed by atoms with E-state index in [0.29, 0.717) is 18.8 Å².